The lowest BCUT2D eigenvalue weighted by Gasteiger charge is -2.34. The highest BCUT2D eigenvalue weighted by Crippen LogP contribution is 2.41. The molecule has 0 heterocycles. The van der Waals surface area contributed by atoms with Crippen molar-refractivity contribution >= 4 is 0 Å². The molecule has 2 aromatic rings. The summed E-state index contributed by atoms with van der Waals surface area (Å²) in [6.07, 6.45) is 9.28. The number of unbranched alkanes of at least 4 members (excludes halogenated alkanes) is 2. The smallest absolute Gasteiger partial charge is 0.0128 e. The molecule has 0 spiro atoms. The normalized spacial score (nSPS) is 20.6. The molecule has 0 aliphatic heterocycles. The number of hydrogen-bond donors (Lipinski definition) is 0. The van der Waals surface area contributed by atoms with Crippen molar-refractivity contribution < 1.29 is 0 Å². The van der Waals surface area contributed by atoms with Gasteiger partial charge in [-0.3, -0.25) is 0 Å². The fourth-order valence-corrected chi connectivity index (χ4v) is 4.09. The lowest BCUT2D eigenvalue weighted by Crippen LogP contribution is -2.22. The molecule has 1 aliphatic carbocycles. The van der Waals surface area contributed by atoms with Gasteiger partial charge < -0.3 is 0 Å². The standard InChI is InChI=1S/C22H28/c1-2-3-5-13-22-20(17-18-10-6-4-7-11-18)16-15-19-12-8-9-14-21(19)22/h4,6-12,14,20,22H,2-3,5,13,15-17H2,1H3/t20-,22+/m0/s1. The van der Waals surface area contributed by atoms with Crippen molar-refractivity contribution in [1.82, 2.24) is 0 Å². The Hall–Kier alpha value is -1.56. The Morgan fingerprint density at radius 3 is 2.50 bits per heavy atom. The van der Waals surface area contributed by atoms with Gasteiger partial charge in [-0.05, 0) is 54.2 Å². The Morgan fingerprint density at radius 2 is 1.68 bits per heavy atom. The number of aryl methyl sites for hydroxylation is 1. The predicted octanol–water partition coefficient (Wildman–Crippen LogP) is 6.16. The zero-order valence-electron chi connectivity index (χ0n) is 13.8. The Bertz CT molecular complexity index is 570. The van der Waals surface area contributed by atoms with Crippen LogP contribution in [0.25, 0.3) is 0 Å². The summed E-state index contributed by atoms with van der Waals surface area (Å²) in [6.45, 7) is 2.30. The van der Waals surface area contributed by atoms with Crippen molar-refractivity contribution in [3.05, 3.63) is 71.3 Å². The molecule has 0 aromatic heterocycles. The Balaban J connectivity index is 1.79. The molecule has 22 heavy (non-hydrogen) atoms. The number of benzene rings is 2. The fourth-order valence-electron chi connectivity index (χ4n) is 4.09. The molecule has 0 saturated heterocycles. The summed E-state index contributed by atoms with van der Waals surface area (Å²) in [6, 6.07) is 20.3. The van der Waals surface area contributed by atoms with E-state index in [1.165, 1.54) is 50.5 Å². The Labute approximate surface area is 135 Å². The van der Waals surface area contributed by atoms with Crippen molar-refractivity contribution in [2.24, 2.45) is 5.92 Å². The first-order chi connectivity index (χ1) is 10.9. The molecule has 0 saturated carbocycles. The van der Waals surface area contributed by atoms with Gasteiger partial charge in [0, 0.05) is 0 Å². The maximum Gasteiger partial charge on any atom is -0.0128 e. The van der Waals surface area contributed by atoms with Crippen molar-refractivity contribution in [1.29, 1.82) is 0 Å². The van der Waals surface area contributed by atoms with Gasteiger partial charge in [-0.15, -0.1) is 0 Å². The average molecular weight is 292 g/mol. The van der Waals surface area contributed by atoms with Crippen molar-refractivity contribution in [2.45, 2.75) is 57.8 Å². The molecule has 116 valence electrons. The third kappa shape index (κ3) is 3.61. The lowest BCUT2D eigenvalue weighted by atomic mass is 9.71. The summed E-state index contributed by atoms with van der Waals surface area (Å²) in [5, 5.41) is 0. The van der Waals surface area contributed by atoms with Crippen LogP contribution in [-0.4, -0.2) is 0 Å². The zero-order valence-corrected chi connectivity index (χ0v) is 13.8. The van der Waals surface area contributed by atoms with Crippen LogP contribution in [0.5, 0.6) is 0 Å². The molecule has 0 N–H and O–H groups in total. The number of fused-ring (bicyclic) bond motifs is 1. The third-order valence-corrected chi connectivity index (χ3v) is 5.27. The van der Waals surface area contributed by atoms with Gasteiger partial charge >= 0.3 is 0 Å². The second-order valence-electron chi connectivity index (χ2n) is 6.79. The van der Waals surface area contributed by atoms with E-state index in [0.717, 1.165) is 11.8 Å². The highest BCUT2D eigenvalue weighted by atomic mass is 14.3. The van der Waals surface area contributed by atoms with Gasteiger partial charge in [-0.2, -0.15) is 0 Å². The van der Waals surface area contributed by atoms with Gasteiger partial charge in [0.25, 0.3) is 0 Å². The van der Waals surface area contributed by atoms with Crippen LogP contribution in [0, 0.1) is 5.92 Å². The minimum absolute atomic E-state index is 0.761. The summed E-state index contributed by atoms with van der Waals surface area (Å²) in [5.74, 6) is 1.57. The van der Waals surface area contributed by atoms with E-state index in [1.54, 1.807) is 11.1 Å². The van der Waals surface area contributed by atoms with Crippen LogP contribution in [0.1, 0.15) is 61.6 Å². The minimum atomic E-state index is 0.761. The largest absolute Gasteiger partial charge is 0.0654 e. The SMILES string of the molecule is CCCCC[C@H]1c2ccccc2CC[C@H]1Cc1ccccc1. The zero-order chi connectivity index (χ0) is 15.2. The number of rotatable bonds is 6. The van der Waals surface area contributed by atoms with E-state index >= 15 is 0 Å². The molecule has 2 aromatic carbocycles. The maximum absolute atomic E-state index is 2.39. The first-order valence-corrected chi connectivity index (χ1v) is 9.00. The summed E-state index contributed by atoms with van der Waals surface area (Å²) in [7, 11) is 0. The van der Waals surface area contributed by atoms with E-state index in [9.17, 15) is 0 Å². The van der Waals surface area contributed by atoms with Crippen LogP contribution in [0.15, 0.2) is 54.6 Å². The van der Waals surface area contributed by atoms with Crippen molar-refractivity contribution in [2.75, 3.05) is 0 Å². The van der Waals surface area contributed by atoms with Crippen LogP contribution in [0.3, 0.4) is 0 Å². The fraction of sp³-hybridized carbons (Fsp3) is 0.455. The van der Waals surface area contributed by atoms with Crippen LogP contribution in [-0.2, 0) is 12.8 Å². The summed E-state index contributed by atoms with van der Waals surface area (Å²) in [5.41, 5.74) is 4.76. The molecule has 3 rings (SSSR count). The summed E-state index contributed by atoms with van der Waals surface area (Å²) in [4.78, 5) is 0. The first-order valence-electron chi connectivity index (χ1n) is 9.00. The Morgan fingerprint density at radius 1 is 0.909 bits per heavy atom. The quantitative estimate of drug-likeness (QED) is 0.560. The molecule has 1 aliphatic rings. The van der Waals surface area contributed by atoms with E-state index < -0.39 is 0 Å². The van der Waals surface area contributed by atoms with E-state index in [-0.39, 0.29) is 0 Å². The lowest BCUT2D eigenvalue weighted by molar-refractivity contribution is 0.344. The van der Waals surface area contributed by atoms with E-state index in [1.807, 2.05) is 0 Å². The number of hydrogen-bond acceptors (Lipinski definition) is 0. The molecule has 2 atom stereocenters. The van der Waals surface area contributed by atoms with Crippen LogP contribution < -0.4 is 0 Å². The minimum Gasteiger partial charge on any atom is -0.0654 e. The van der Waals surface area contributed by atoms with Gasteiger partial charge in [0.2, 0.25) is 0 Å². The van der Waals surface area contributed by atoms with Crippen molar-refractivity contribution in [3.63, 3.8) is 0 Å². The summed E-state index contributed by atoms with van der Waals surface area (Å²) >= 11 is 0. The highest BCUT2D eigenvalue weighted by molar-refractivity contribution is 5.34. The van der Waals surface area contributed by atoms with E-state index in [0.29, 0.717) is 0 Å². The first kappa shape index (κ1) is 15.3. The van der Waals surface area contributed by atoms with Gasteiger partial charge in [-0.25, -0.2) is 0 Å². The maximum atomic E-state index is 2.39. The summed E-state index contributed by atoms with van der Waals surface area (Å²) < 4.78 is 0. The molecular weight excluding hydrogens is 264 g/mol. The molecule has 0 bridgehead atoms. The monoisotopic (exact) mass is 292 g/mol. The molecule has 0 unspecified atom stereocenters. The highest BCUT2D eigenvalue weighted by Gasteiger charge is 2.28. The molecular formula is C22H28. The molecule has 0 amide bonds. The van der Waals surface area contributed by atoms with Crippen LogP contribution in [0.4, 0.5) is 0 Å². The molecule has 0 radical (unpaired) electrons. The van der Waals surface area contributed by atoms with Crippen LogP contribution >= 0.6 is 0 Å². The topological polar surface area (TPSA) is 0 Å². The van der Waals surface area contributed by atoms with E-state index in [4.69, 9.17) is 0 Å². The second kappa shape index (κ2) is 7.63. The van der Waals surface area contributed by atoms with Crippen LogP contribution in [0.2, 0.25) is 0 Å². The predicted molar refractivity (Wildman–Crippen MR) is 95.3 cm³/mol. The Kier molecular flexibility index (Phi) is 5.32. The average Bonchev–Trinajstić information content (AvgIpc) is 2.57. The molecule has 0 heteroatoms. The molecule has 0 nitrogen and oxygen atoms in total. The van der Waals surface area contributed by atoms with Gasteiger partial charge in [0.05, 0.1) is 0 Å². The second-order valence-corrected chi connectivity index (χ2v) is 6.79. The van der Waals surface area contributed by atoms with E-state index in [2.05, 4.69) is 61.5 Å². The van der Waals surface area contributed by atoms with Gasteiger partial charge in [0.1, 0.15) is 0 Å². The van der Waals surface area contributed by atoms with Crippen molar-refractivity contribution in [3.8, 4) is 0 Å². The third-order valence-electron chi connectivity index (χ3n) is 5.27. The van der Waals surface area contributed by atoms with Gasteiger partial charge in [0.15, 0.2) is 0 Å². The molecule has 0 fully saturated rings. The van der Waals surface area contributed by atoms with Gasteiger partial charge in [-0.1, -0.05) is 80.8 Å².